The van der Waals surface area contributed by atoms with Crippen molar-refractivity contribution >= 4 is 11.9 Å². The van der Waals surface area contributed by atoms with Crippen LogP contribution in [0, 0.1) is 0 Å². The van der Waals surface area contributed by atoms with E-state index in [1.807, 2.05) is 65.6 Å². The van der Waals surface area contributed by atoms with Gasteiger partial charge in [0, 0.05) is 26.2 Å². The summed E-state index contributed by atoms with van der Waals surface area (Å²) in [7, 11) is 0. The second kappa shape index (κ2) is 8.21. The lowest BCUT2D eigenvalue weighted by Crippen LogP contribution is -2.50. The zero-order chi connectivity index (χ0) is 19.3. The number of anilines is 1. The number of hydrogen-bond donors (Lipinski definition) is 0. The highest BCUT2D eigenvalue weighted by molar-refractivity contribution is 5.84. The molecule has 2 aromatic carbocycles. The fourth-order valence-electron chi connectivity index (χ4n) is 3.70. The summed E-state index contributed by atoms with van der Waals surface area (Å²) in [5.74, 6) is 0.840. The summed E-state index contributed by atoms with van der Waals surface area (Å²) in [4.78, 5) is 17.2. The predicted molar refractivity (Wildman–Crippen MR) is 107 cm³/mol. The molecule has 144 valence electrons. The van der Waals surface area contributed by atoms with Crippen molar-refractivity contribution in [3.8, 4) is 5.69 Å². The van der Waals surface area contributed by atoms with E-state index < -0.39 is 0 Å². The van der Waals surface area contributed by atoms with Crippen LogP contribution in [0.15, 0.2) is 60.7 Å². The molecule has 7 nitrogen and oxygen atoms in total. The molecule has 4 rings (SSSR count). The molecule has 3 aromatic rings. The molecule has 1 atom stereocenters. The first-order valence-electron chi connectivity index (χ1n) is 9.70. The minimum Gasteiger partial charge on any atom is -0.339 e. The maximum Gasteiger partial charge on any atom is 0.250 e. The normalized spacial score (nSPS) is 15.5. The van der Waals surface area contributed by atoms with Gasteiger partial charge in [0.1, 0.15) is 0 Å². The zero-order valence-corrected chi connectivity index (χ0v) is 16.0. The third-order valence-corrected chi connectivity index (χ3v) is 5.24. The molecule has 1 unspecified atom stereocenters. The van der Waals surface area contributed by atoms with Crippen molar-refractivity contribution in [3.63, 3.8) is 0 Å². The van der Waals surface area contributed by atoms with Gasteiger partial charge in [-0.3, -0.25) is 4.79 Å². The number of rotatable bonds is 5. The SMILES string of the molecule is CCC(C(=O)N1CCN(c2nnnn2-c2ccccc2)CC1)c1ccccc1. The Bertz CT molecular complexity index is 903. The third-order valence-electron chi connectivity index (χ3n) is 5.24. The van der Waals surface area contributed by atoms with Crippen LogP contribution in [0.1, 0.15) is 24.8 Å². The number of tetrazole rings is 1. The highest BCUT2D eigenvalue weighted by Crippen LogP contribution is 2.24. The van der Waals surface area contributed by atoms with Gasteiger partial charge in [-0.1, -0.05) is 60.6 Å². The van der Waals surface area contributed by atoms with Crippen LogP contribution in [0.25, 0.3) is 5.69 Å². The summed E-state index contributed by atoms with van der Waals surface area (Å²) < 4.78 is 1.75. The molecule has 0 bridgehead atoms. The second-order valence-corrected chi connectivity index (χ2v) is 6.91. The maximum atomic E-state index is 13.1. The van der Waals surface area contributed by atoms with Crippen LogP contribution in [0.4, 0.5) is 5.95 Å². The van der Waals surface area contributed by atoms with Gasteiger partial charge in [-0.25, -0.2) is 0 Å². The van der Waals surface area contributed by atoms with E-state index in [0.717, 1.165) is 17.7 Å². The number of para-hydroxylation sites is 1. The molecular weight excluding hydrogens is 352 g/mol. The quantitative estimate of drug-likeness (QED) is 0.684. The first-order chi connectivity index (χ1) is 13.8. The number of piperazine rings is 1. The van der Waals surface area contributed by atoms with Gasteiger partial charge in [-0.2, -0.15) is 4.68 Å². The molecular formula is C21H24N6O. The summed E-state index contributed by atoms with van der Waals surface area (Å²) in [6.07, 6.45) is 0.801. The van der Waals surface area contributed by atoms with Crippen molar-refractivity contribution in [2.45, 2.75) is 19.3 Å². The molecule has 1 amide bonds. The Morgan fingerprint density at radius 3 is 2.25 bits per heavy atom. The second-order valence-electron chi connectivity index (χ2n) is 6.91. The average Bonchev–Trinajstić information content (AvgIpc) is 3.26. The number of hydrogen-bond acceptors (Lipinski definition) is 5. The fourth-order valence-corrected chi connectivity index (χ4v) is 3.70. The molecule has 28 heavy (non-hydrogen) atoms. The topological polar surface area (TPSA) is 67.2 Å². The minimum absolute atomic E-state index is 0.0811. The van der Waals surface area contributed by atoms with Crippen molar-refractivity contribution in [1.29, 1.82) is 0 Å². The first-order valence-corrected chi connectivity index (χ1v) is 9.70. The van der Waals surface area contributed by atoms with Gasteiger partial charge in [0.25, 0.3) is 0 Å². The summed E-state index contributed by atoms with van der Waals surface area (Å²) in [6.45, 7) is 4.84. The molecule has 1 aliphatic heterocycles. The Morgan fingerprint density at radius 1 is 0.964 bits per heavy atom. The molecule has 0 saturated carbocycles. The summed E-state index contributed by atoms with van der Waals surface area (Å²) in [5, 5.41) is 12.2. The lowest BCUT2D eigenvalue weighted by atomic mass is 9.95. The largest absolute Gasteiger partial charge is 0.339 e. The van der Waals surface area contributed by atoms with Crippen LogP contribution < -0.4 is 4.90 Å². The Morgan fingerprint density at radius 2 is 1.61 bits per heavy atom. The van der Waals surface area contributed by atoms with Crippen LogP contribution in [0.3, 0.4) is 0 Å². The third kappa shape index (κ3) is 3.60. The number of carbonyl (C=O) groups excluding carboxylic acids is 1. The monoisotopic (exact) mass is 376 g/mol. The van der Waals surface area contributed by atoms with Crippen LogP contribution in [-0.2, 0) is 4.79 Å². The number of carbonyl (C=O) groups is 1. The van der Waals surface area contributed by atoms with Crippen molar-refractivity contribution in [2.24, 2.45) is 0 Å². The van der Waals surface area contributed by atoms with E-state index in [4.69, 9.17) is 0 Å². The molecule has 0 N–H and O–H groups in total. The molecule has 0 spiro atoms. The number of amides is 1. The van der Waals surface area contributed by atoms with Gasteiger partial charge in [0.2, 0.25) is 11.9 Å². The Labute approximate surface area is 164 Å². The summed E-state index contributed by atoms with van der Waals surface area (Å²) in [6, 6.07) is 19.9. The lowest BCUT2D eigenvalue weighted by Gasteiger charge is -2.36. The number of aromatic nitrogens is 4. The van der Waals surface area contributed by atoms with Crippen molar-refractivity contribution < 1.29 is 4.79 Å². The van der Waals surface area contributed by atoms with Crippen molar-refractivity contribution in [1.82, 2.24) is 25.1 Å². The number of nitrogens with zero attached hydrogens (tertiary/aromatic N) is 6. The van der Waals surface area contributed by atoms with Crippen LogP contribution in [-0.4, -0.2) is 57.2 Å². The van der Waals surface area contributed by atoms with Crippen molar-refractivity contribution in [2.75, 3.05) is 31.1 Å². The van der Waals surface area contributed by atoms with Crippen LogP contribution in [0.2, 0.25) is 0 Å². The molecule has 1 aliphatic rings. The van der Waals surface area contributed by atoms with E-state index in [1.165, 1.54) is 0 Å². The minimum atomic E-state index is -0.0811. The molecule has 2 heterocycles. The molecule has 0 radical (unpaired) electrons. The first kappa shape index (κ1) is 18.2. The standard InChI is InChI=1S/C21H24N6O/c1-2-19(17-9-5-3-6-10-17)20(28)25-13-15-26(16-14-25)21-22-23-24-27(21)18-11-7-4-8-12-18/h3-12,19H,2,13-16H2,1H3. The Hall–Kier alpha value is -3.22. The Kier molecular flexibility index (Phi) is 5.32. The molecule has 1 aromatic heterocycles. The Balaban J connectivity index is 1.44. The highest BCUT2D eigenvalue weighted by atomic mass is 16.2. The zero-order valence-electron chi connectivity index (χ0n) is 16.0. The van der Waals surface area contributed by atoms with E-state index in [1.54, 1.807) is 4.68 Å². The lowest BCUT2D eigenvalue weighted by molar-refractivity contribution is -0.133. The van der Waals surface area contributed by atoms with E-state index in [2.05, 4.69) is 27.3 Å². The van der Waals surface area contributed by atoms with Crippen LogP contribution >= 0.6 is 0 Å². The van der Waals surface area contributed by atoms with Gasteiger partial charge in [-0.15, -0.1) is 0 Å². The predicted octanol–water partition coefficient (Wildman–Crippen LogP) is 2.50. The van der Waals surface area contributed by atoms with Gasteiger partial charge in [-0.05, 0) is 34.5 Å². The molecule has 1 saturated heterocycles. The molecule has 1 fully saturated rings. The van der Waals surface area contributed by atoms with E-state index >= 15 is 0 Å². The van der Waals surface area contributed by atoms with Gasteiger partial charge in [0.05, 0.1) is 11.6 Å². The van der Waals surface area contributed by atoms with Gasteiger partial charge in [0.15, 0.2) is 0 Å². The van der Waals surface area contributed by atoms with Gasteiger partial charge < -0.3 is 9.80 Å². The van der Waals surface area contributed by atoms with Gasteiger partial charge >= 0.3 is 0 Å². The maximum absolute atomic E-state index is 13.1. The number of benzene rings is 2. The van der Waals surface area contributed by atoms with E-state index in [9.17, 15) is 4.79 Å². The van der Waals surface area contributed by atoms with Crippen LogP contribution in [0.5, 0.6) is 0 Å². The fraction of sp³-hybridized carbons (Fsp3) is 0.333. The van der Waals surface area contributed by atoms with E-state index in [-0.39, 0.29) is 11.8 Å². The summed E-state index contributed by atoms with van der Waals surface area (Å²) in [5.41, 5.74) is 2.02. The van der Waals surface area contributed by atoms with Crippen molar-refractivity contribution in [3.05, 3.63) is 66.2 Å². The van der Waals surface area contributed by atoms with E-state index in [0.29, 0.717) is 32.1 Å². The molecule has 0 aliphatic carbocycles. The highest BCUT2D eigenvalue weighted by Gasteiger charge is 2.29. The summed E-state index contributed by atoms with van der Waals surface area (Å²) >= 11 is 0. The average molecular weight is 376 g/mol. The molecule has 7 heteroatoms. The smallest absolute Gasteiger partial charge is 0.250 e.